The van der Waals surface area contributed by atoms with E-state index < -0.39 is 12.0 Å². The lowest BCUT2D eigenvalue weighted by atomic mass is 9.96. The van der Waals surface area contributed by atoms with Gasteiger partial charge in [0.05, 0.1) is 22.7 Å². The predicted octanol–water partition coefficient (Wildman–Crippen LogP) is 3.45. The molecule has 1 aliphatic rings. The van der Waals surface area contributed by atoms with E-state index in [1.807, 2.05) is 10.6 Å². The van der Waals surface area contributed by atoms with E-state index in [1.165, 1.54) is 7.11 Å². The number of carbonyl (C=O) groups is 2. The van der Waals surface area contributed by atoms with Crippen molar-refractivity contribution in [2.75, 3.05) is 20.2 Å². The van der Waals surface area contributed by atoms with Gasteiger partial charge in [0.1, 0.15) is 19.1 Å². The minimum atomic E-state index is -0.678. The van der Waals surface area contributed by atoms with E-state index in [1.54, 1.807) is 32.1 Å². The fourth-order valence-electron chi connectivity index (χ4n) is 3.10. The molecule has 6 nitrogen and oxygen atoms in total. The molecule has 0 aromatic heterocycles. The molecular formula is C20H25Cl2N2O4+. The van der Waals surface area contributed by atoms with Crippen LogP contribution in [-0.4, -0.2) is 53.7 Å². The highest BCUT2D eigenvalue weighted by Gasteiger charge is 2.31. The van der Waals surface area contributed by atoms with Crippen molar-refractivity contribution in [3.05, 3.63) is 39.4 Å². The van der Waals surface area contributed by atoms with E-state index in [-0.39, 0.29) is 17.7 Å². The third kappa shape index (κ3) is 5.49. The van der Waals surface area contributed by atoms with Gasteiger partial charge < -0.3 is 15.2 Å². The van der Waals surface area contributed by atoms with Crippen molar-refractivity contribution in [3.63, 3.8) is 0 Å². The van der Waals surface area contributed by atoms with Gasteiger partial charge in [-0.2, -0.15) is 4.58 Å². The highest BCUT2D eigenvalue weighted by Crippen LogP contribution is 2.27. The van der Waals surface area contributed by atoms with Gasteiger partial charge in [-0.25, -0.2) is 4.79 Å². The molecule has 0 aliphatic carbocycles. The molecule has 2 rings (SSSR count). The van der Waals surface area contributed by atoms with Gasteiger partial charge in [0.15, 0.2) is 0 Å². The van der Waals surface area contributed by atoms with E-state index in [2.05, 4.69) is 10.1 Å². The van der Waals surface area contributed by atoms with E-state index in [0.717, 1.165) is 5.56 Å². The Morgan fingerprint density at radius 3 is 2.57 bits per heavy atom. The summed E-state index contributed by atoms with van der Waals surface area (Å²) in [4.78, 5) is 23.7. The van der Waals surface area contributed by atoms with Gasteiger partial charge in [0, 0.05) is 18.8 Å². The average molecular weight is 428 g/mol. The number of benzene rings is 1. The van der Waals surface area contributed by atoms with Gasteiger partial charge in [-0.15, -0.1) is 0 Å². The highest BCUT2D eigenvalue weighted by molar-refractivity contribution is 6.42. The van der Waals surface area contributed by atoms with Crippen molar-refractivity contribution in [2.45, 2.75) is 32.7 Å². The van der Waals surface area contributed by atoms with Crippen LogP contribution < -0.4 is 5.32 Å². The third-order valence-corrected chi connectivity index (χ3v) is 5.62. The number of methoxy groups -OCH3 is 1. The molecule has 0 spiro atoms. The number of rotatable bonds is 5. The Bertz CT molecular complexity index is 810. The second-order valence-electron chi connectivity index (χ2n) is 6.81. The maximum absolute atomic E-state index is 12.3. The highest BCUT2D eigenvalue weighted by atomic mass is 35.5. The largest absolute Gasteiger partial charge is 0.467 e. The minimum Gasteiger partial charge on any atom is -0.467 e. The van der Waals surface area contributed by atoms with Gasteiger partial charge in [-0.1, -0.05) is 35.3 Å². The standard InChI is InChI=1S/C20H24Cl2N2O4/c1-12(11-15-5-4-6-16(21)17(15)22)19(26)24-9-7-14(8-10-24)18(25)23-13(2)20(27)28-3/h4-6,11,13-14H,7-10H2,1-3H3,(H,23,25)/p+1/b12-11+/t13-/m0/s1. The first kappa shape index (κ1) is 22.2. The van der Waals surface area contributed by atoms with Crippen LogP contribution in [0.15, 0.2) is 23.8 Å². The molecule has 1 aliphatic heterocycles. The minimum absolute atomic E-state index is 0.151. The molecule has 28 heavy (non-hydrogen) atoms. The number of ether oxygens (including phenoxy) is 1. The zero-order chi connectivity index (χ0) is 20.8. The Morgan fingerprint density at radius 1 is 1.32 bits per heavy atom. The van der Waals surface area contributed by atoms with Crippen LogP contribution in [0.4, 0.5) is 0 Å². The van der Waals surface area contributed by atoms with Crippen molar-refractivity contribution in [3.8, 4) is 0 Å². The predicted molar refractivity (Wildman–Crippen MR) is 110 cm³/mol. The van der Waals surface area contributed by atoms with Crippen molar-refractivity contribution < 1.29 is 24.0 Å². The normalized spacial score (nSPS) is 18.4. The first-order valence-electron chi connectivity index (χ1n) is 9.06. The maximum atomic E-state index is 12.3. The molecule has 1 fully saturated rings. The van der Waals surface area contributed by atoms with Gasteiger partial charge >= 0.3 is 11.9 Å². The zero-order valence-electron chi connectivity index (χ0n) is 16.2. The number of aliphatic hydroxyl groups excluding tert-OH is 1. The molecule has 152 valence electrons. The van der Waals surface area contributed by atoms with Crippen LogP contribution in [0.5, 0.6) is 0 Å². The molecule has 0 bridgehead atoms. The summed E-state index contributed by atoms with van der Waals surface area (Å²) in [6.45, 7) is 4.45. The third-order valence-electron chi connectivity index (χ3n) is 4.78. The number of hydrogen-bond donors (Lipinski definition) is 2. The molecule has 1 atom stereocenters. The molecule has 1 amide bonds. The Balaban J connectivity index is 2.03. The first-order chi connectivity index (χ1) is 13.2. The summed E-state index contributed by atoms with van der Waals surface area (Å²) >= 11 is 12.2. The average Bonchev–Trinajstić information content (AvgIpc) is 2.70. The number of piperidine rings is 1. The van der Waals surface area contributed by atoms with Crippen molar-refractivity contribution >= 4 is 47.1 Å². The quantitative estimate of drug-likeness (QED) is 0.428. The van der Waals surface area contributed by atoms with E-state index in [9.17, 15) is 14.7 Å². The van der Waals surface area contributed by atoms with Gasteiger partial charge in [-0.05, 0) is 31.6 Å². The number of nitrogens with one attached hydrogen (secondary N) is 1. The second kappa shape index (κ2) is 9.94. The fraction of sp³-hybridized carbons (Fsp3) is 0.450. The number of halogens is 2. The molecule has 8 heteroatoms. The van der Waals surface area contributed by atoms with E-state index in [4.69, 9.17) is 23.2 Å². The summed E-state index contributed by atoms with van der Waals surface area (Å²) in [7, 11) is 1.29. The topological polar surface area (TPSA) is 78.6 Å². The molecule has 1 aromatic rings. The van der Waals surface area contributed by atoms with Gasteiger partial charge in [0.2, 0.25) is 5.91 Å². The lowest BCUT2D eigenvalue weighted by Gasteiger charge is -2.22. The molecule has 1 aromatic carbocycles. The number of nitrogens with zero attached hydrogens (tertiary/aromatic N) is 1. The fourth-order valence-corrected chi connectivity index (χ4v) is 3.46. The molecule has 2 N–H and O–H groups in total. The summed E-state index contributed by atoms with van der Waals surface area (Å²) in [5.41, 5.74) is 1.38. The van der Waals surface area contributed by atoms with Crippen LogP contribution in [0, 0.1) is 5.92 Å². The first-order valence-corrected chi connectivity index (χ1v) is 9.82. The maximum Gasteiger partial charge on any atom is 0.362 e. The van der Waals surface area contributed by atoms with Crippen LogP contribution in [0.3, 0.4) is 0 Å². The van der Waals surface area contributed by atoms with E-state index >= 15 is 0 Å². The molecule has 0 saturated carbocycles. The van der Waals surface area contributed by atoms with Crippen LogP contribution >= 0.6 is 23.2 Å². The monoisotopic (exact) mass is 427 g/mol. The number of carbonyl (C=O) groups excluding carboxylic acids is 2. The summed E-state index contributed by atoms with van der Waals surface area (Å²) in [5, 5.41) is 14.1. The summed E-state index contributed by atoms with van der Waals surface area (Å²) in [6.07, 6.45) is 2.93. The van der Waals surface area contributed by atoms with Gasteiger partial charge in [-0.3, -0.25) is 4.79 Å². The van der Waals surface area contributed by atoms with Crippen molar-refractivity contribution in [1.29, 1.82) is 0 Å². The van der Waals surface area contributed by atoms with Crippen molar-refractivity contribution in [1.82, 2.24) is 5.32 Å². The van der Waals surface area contributed by atoms with Crippen LogP contribution in [0.25, 0.3) is 6.08 Å². The molecule has 0 radical (unpaired) electrons. The van der Waals surface area contributed by atoms with Crippen LogP contribution in [-0.2, 0) is 14.3 Å². The number of aliphatic hydroxyl groups is 1. The molecular weight excluding hydrogens is 403 g/mol. The Morgan fingerprint density at radius 2 is 1.96 bits per heavy atom. The molecule has 0 unspecified atom stereocenters. The smallest absolute Gasteiger partial charge is 0.362 e. The van der Waals surface area contributed by atoms with Crippen molar-refractivity contribution in [2.24, 2.45) is 5.92 Å². The summed E-state index contributed by atoms with van der Waals surface area (Å²) in [5.74, 6) is -0.701. The van der Waals surface area contributed by atoms with Crippen LogP contribution in [0.1, 0.15) is 32.3 Å². The summed E-state index contributed by atoms with van der Waals surface area (Å²) < 4.78 is 6.45. The summed E-state index contributed by atoms with van der Waals surface area (Å²) in [6, 6.07) is 4.65. The van der Waals surface area contributed by atoms with Crippen LogP contribution in [0.2, 0.25) is 10.0 Å². The molecule has 1 saturated heterocycles. The number of amides is 1. The van der Waals surface area contributed by atoms with Gasteiger partial charge in [0.25, 0.3) is 0 Å². The van der Waals surface area contributed by atoms with E-state index in [0.29, 0.717) is 41.5 Å². The number of esters is 1. The number of hydrogen-bond acceptors (Lipinski definition) is 3. The lowest BCUT2D eigenvalue weighted by Crippen LogP contribution is -2.45. The molecule has 1 heterocycles. The Hall–Kier alpha value is -2.05. The SMILES string of the molecule is COC(=O)[C@H](C)NC(=O)C1CC[N+](=C(O)/C(C)=C/c2cccc(Cl)c2Cl)CC1. The second-order valence-corrected chi connectivity index (χ2v) is 7.59. The Labute approximate surface area is 174 Å². The zero-order valence-corrected chi connectivity index (χ0v) is 17.7. The Kier molecular flexibility index (Phi) is 7.89. The lowest BCUT2D eigenvalue weighted by molar-refractivity contribution is -0.546.